The van der Waals surface area contributed by atoms with Crippen LogP contribution in [-0.4, -0.2) is 21.4 Å². The minimum Gasteiger partial charge on any atom is -0.345 e. The highest BCUT2D eigenvalue weighted by molar-refractivity contribution is 6.08. The first-order chi connectivity index (χ1) is 14.1. The van der Waals surface area contributed by atoms with Gasteiger partial charge in [-0.1, -0.05) is 42.5 Å². The molecule has 2 N–H and O–H groups in total. The second-order valence-electron chi connectivity index (χ2n) is 6.62. The summed E-state index contributed by atoms with van der Waals surface area (Å²) in [5.74, 6) is 0.215. The zero-order chi connectivity index (χ0) is 20.2. The summed E-state index contributed by atoms with van der Waals surface area (Å²) in [5, 5.41) is 5.72. The lowest BCUT2D eigenvalue weighted by atomic mass is 10.1. The minimum atomic E-state index is -0.277. The van der Waals surface area contributed by atoms with Crippen molar-refractivity contribution in [3.8, 4) is 0 Å². The summed E-state index contributed by atoms with van der Waals surface area (Å²) in [7, 11) is 1.92. The summed E-state index contributed by atoms with van der Waals surface area (Å²) in [6, 6.07) is 23.7. The maximum Gasteiger partial charge on any atom is 0.255 e. The van der Waals surface area contributed by atoms with Crippen LogP contribution in [0.3, 0.4) is 0 Å². The number of nitrogens with one attached hydrogen (secondary N) is 2. The molecule has 4 rings (SSSR count). The summed E-state index contributed by atoms with van der Waals surface area (Å²) in [5.41, 5.74) is 3.28. The molecule has 0 saturated carbocycles. The standard InChI is InChI=1S/C23H20N4O2/c1-27-20-14-8-7-13-19(20)25-21(27)15-24-23(29)17-11-5-6-12-18(17)26-22(28)16-9-3-2-4-10-16/h2-14H,15H2,1H3,(H,24,29)(H,26,28). The van der Waals surface area contributed by atoms with Crippen LogP contribution in [0.1, 0.15) is 26.5 Å². The zero-order valence-electron chi connectivity index (χ0n) is 15.9. The molecule has 3 aromatic carbocycles. The normalized spacial score (nSPS) is 10.7. The van der Waals surface area contributed by atoms with E-state index in [1.54, 1.807) is 48.5 Å². The number of para-hydroxylation sites is 3. The number of benzene rings is 3. The molecule has 0 fully saturated rings. The van der Waals surface area contributed by atoms with E-state index in [4.69, 9.17) is 0 Å². The molecule has 0 atom stereocenters. The van der Waals surface area contributed by atoms with E-state index in [9.17, 15) is 9.59 Å². The van der Waals surface area contributed by atoms with Gasteiger partial charge >= 0.3 is 0 Å². The van der Waals surface area contributed by atoms with Gasteiger partial charge in [-0.3, -0.25) is 9.59 Å². The fraction of sp³-hybridized carbons (Fsp3) is 0.0870. The van der Waals surface area contributed by atoms with Crippen LogP contribution in [0.5, 0.6) is 0 Å². The first kappa shape index (κ1) is 18.4. The molecule has 144 valence electrons. The number of rotatable bonds is 5. The predicted octanol–water partition coefficient (Wildman–Crippen LogP) is 3.76. The molecule has 0 radical (unpaired) electrons. The number of nitrogens with zero attached hydrogens (tertiary/aromatic N) is 2. The summed E-state index contributed by atoms with van der Waals surface area (Å²) < 4.78 is 1.96. The van der Waals surface area contributed by atoms with Crippen LogP contribution < -0.4 is 10.6 Å². The number of aromatic nitrogens is 2. The quantitative estimate of drug-likeness (QED) is 0.550. The zero-order valence-corrected chi connectivity index (χ0v) is 15.9. The largest absolute Gasteiger partial charge is 0.345 e. The first-order valence-corrected chi connectivity index (χ1v) is 9.27. The molecular formula is C23H20N4O2. The number of fused-ring (bicyclic) bond motifs is 1. The van der Waals surface area contributed by atoms with Crippen molar-refractivity contribution in [2.75, 3.05) is 5.32 Å². The molecule has 2 amide bonds. The van der Waals surface area contributed by atoms with Crippen LogP contribution in [0, 0.1) is 0 Å². The van der Waals surface area contributed by atoms with Crippen LogP contribution in [-0.2, 0) is 13.6 Å². The lowest BCUT2D eigenvalue weighted by Crippen LogP contribution is -2.26. The SMILES string of the molecule is Cn1c(CNC(=O)c2ccccc2NC(=O)c2ccccc2)nc2ccccc21. The van der Waals surface area contributed by atoms with Gasteiger partial charge in [-0.15, -0.1) is 0 Å². The molecule has 29 heavy (non-hydrogen) atoms. The minimum absolute atomic E-state index is 0.263. The van der Waals surface area contributed by atoms with Gasteiger partial charge in [0.1, 0.15) is 5.82 Å². The number of carbonyl (C=O) groups is 2. The van der Waals surface area contributed by atoms with Crippen molar-refractivity contribution in [1.29, 1.82) is 0 Å². The van der Waals surface area contributed by atoms with Crippen molar-refractivity contribution >= 4 is 28.5 Å². The number of anilines is 1. The Morgan fingerprint density at radius 3 is 2.34 bits per heavy atom. The van der Waals surface area contributed by atoms with E-state index < -0.39 is 0 Å². The molecule has 0 bridgehead atoms. The molecule has 0 aliphatic rings. The van der Waals surface area contributed by atoms with Gasteiger partial charge in [0.05, 0.1) is 28.8 Å². The Morgan fingerprint density at radius 2 is 1.55 bits per heavy atom. The van der Waals surface area contributed by atoms with E-state index in [-0.39, 0.29) is 18.4 Å². The molecule has 6 nitrogen and oxygen atoms in total. The second-order valence-corrected chi connectivity index (χ2v) is 6.62. The third-order valence-corrected chi connectivity index (χ3v) is 4.74. The van der Waals surface area contributed by atoms with Crippen LogP contribution in [0.25, 0.3) is 11.0 Å². The molecule has 0 aliphatic heterocycles. The monoisotopic (exact) mass is 384 g/mol. The van der Waals surface area contributed by atoms with E-state index >= 15 is 0 Å². The smallest absolute Gasteiger partial charge is 0.255 e. The van der Waals surface area contributed by atoms with Gasteiger partial charge < -0.3 is 15.2 Å². The van der Waals surface area contributed by atoms with Crippen LogP contribution in [0.4, 0.5) is 5.69 Å². The Balaban J connectivity index is 1.50. The van der Waals surface area contributed by atoms with Gasteiger partial charge in [-0.2, -0.15) is 0 Å². The molecule has 1 heterocycles. The van der Waals surface area contributed by atoms with Crippen LogP contribution in [0.2, 0.25) is 0 Å². The lowest BCUT2D eigenvalue weighted by Gasteiger charge is -2.11. The predicted molar refractivity (Wildman–Crippen MR) is 113 cm³/mol. The van der Waals surface area contributed by atoms with Gasteiger partial charge in [0.25, 0.3) is 11.8 Å². The summed E-state index contributed by atoms with van der Waals surface area (Å²) in [6.45, 7) is 0.283. The fourth-order valence-electron chi connectivity index (χ4n) is 3.18. The highest BCUT2D eigenvalue weighted by Gasteiger charge is 2.15. The van der Waals surface area contributed by atoms with Gasteiger partial charge in [-0.25, -0.2) is 4.98 Å². The molecule has 0 unspecified atom stereocenters. The van der Waals surface area contributed by atoms with Crippen molar-refractivity contribution < 1.29 is 9.59 Å². The number of hydrogen-bond acceptors (Lipinski definition) is 3. The van der Waals surface area contributed by atoms with Crippen molar-refractivity contribution in [2.24, 2.45) is 7.05 Å². The third-order valence-electron chi connectivity index (χ3n) is 4.74. The van der Waals surface area contributed by atoms with E-state index in [2.05, 4.69) is 15.6 Å². The van der Waals surface area contributed by atoms with E-state index in [1.807, 2.05) is 41.9 Å². The van der Waals surface area contributed by atoms with Crippen molar-refractivity contribution in [1.82, 2.24) is 14.9 Å². The Morgan fingerprint density at radius 1 is 0.862 bits per heavy atom. The summed E-state index contributed by atoms with van der Waals surface area (Å²) in [6.07, 6.45) is 0. The molecule has 0 aliphatic carbocycles. The molecule has 4 aromatic rings. The Bertz CT molecular complexity index is 1180. The summed E-state index contributed by atoms with van der Waals surface area (Å²) in [4.78, 5) is 29.8. The van der Waals surface area contributed by atoms with Gasteiger partial charge in [-0.05, 0) is 36.4 Å². The van der Waals surface area contributed by atoms with Gasteiger partial charge in [0.2, 0.25) is 0 Å². The Hall–Kier alpha value is -3.93. The maximum atomic E-state index is 12.8. The molecular weight excluding hydrogens is 364 g/mol. The number of aryl methyl sites for hydroxylation is 1. The summed E-state index contributed by atoms with van der Waals surface area (Å²) >= 11 is 0. The average molecular weight is 384 g/mol. The number of hydrogen-bond donors (Lipinski definition) is 2. The van der Waals surface area contributed by atoms with Crippen LogP contribution in [0.15, 0.2) is 78.9 Å². The number of imidazole rings is 1. The molecule has 0 spiro atoms. The van der Waals surface area contributed by atoms with Crippen LogP contribution >= 0.6 is 0 Å². The fourth-order valence-corrected chi connectivity index (χ4v) is 3.18. The third kappa shape index (κ3) is 3.87. The van der Waals surface area contributed by atoms with E-state index in [1.165, 1.54) is 0 Å². The highest BCUT2D eigenvalue weighted by atomic mass is 16.2. The lowest BCUT2D eigenvalue weighted by molar-refractivity contribution is 0.0950. The molecule has 0 saturated heterocycles. The number of carbonyl (C=O) groups excluding carboxylic acids is 2. The van der Waals surface area contributed by atoms with Crippen molar-refractivity contribution in [3.63, 3.8) is 0 Å². The van der Waals surface area contributed by atoms with E-state index in [0.717, 1.165) is 16.9 Å². The first-order valence-electron chi connectivity index (χ1n) is 9.27. The van der Waals surface area contributed by atoms with E-state index in [0.29, 0.717) is 16.8 Å². The van der Waals surface area contributed by atoms with Crippen molar-refractivity contribution in [2.45, 2.75) is 6.54 Å². The number of amides is 2. The Labute approximate surface area is 168 Å². The van der Waals surface area contributed by atoms with Gasteiger partial charge in [0, 0.05) is 12.6 Å². The highest BCUT2D eigenvalue weighted by Crippen LogP contribution is 2.17. The molecule has 1 aromatic heterocycles. The van der Waals surface area contributed by atoms with Crippen molar-refractivity contribution in [3.05, 3.63) is 95.8 Å². The Kier molecular flexibility index (Phi) is 5.07. The molecule has 6 heteroatoms. The topological polar surface area (TPSA) is 76.0 Å². The average Bonchev–Trinajstić information content (AvgIpc) is 3.09. The maximum absolute atomic E-state index is 12.8. The second kappa shape index (κ2) is 7.98. The van der Waals surface area contributed by atoms with Gasteiger partial charge in [0.15, 0.2) is 0 Å².